The van der Waals surface area contributed by atoms with Crippen LogP contribution < -0.4 is 0 Å². The highest BCUT2D eigenvalue weighted by Gasteiger charge is 2.23. The molecule has 5 heteroatoms. The number of hydrogen-bond acceptors (Lipinski definition) is 3. The van der Waals surface area contributed by atoms with Crippen LogP contribution in [0.25, 0.3) is 0 Å². The fourth-order valence-electron chi connectivity index (χ4n) is 2.24. The SMILES string of the molecule is CN(C)C/C=C/C(=O)N(C)C(c1ccccc1)c1ncc[nH]1. The Hall–Kier alpha value is -2.40. The molecule has 1 N–H and O–H groups in total. The predicted octanol–water partition coefficient (Wildman–Crippen LogP) is 2.08. The summed E-state index contributed by atoms with van der Waals surface area (Å²) in [4.78, 5) is 23.5. The third kappa shape index (κ3) is 4.05. The Kier molecular flexibility index (Phi) is 5.49. The molecular weight excluding hydrogens is 276 g/mol. The minimum absolute atomic E-state index is 0.0490. The number of carbonyl (C=O) groups excluding carboxylic acids is 1. The molecule has 1 atom stereocenters. The van der Waals surface area contributed by atoms with Gasteiger partial charge in [0.05, 0.1) is 0 Å². The smallest absolute Gasteiger partial charge is 0.246 e. The van der Waals surface area contributed by atoms with Gasteiger partial charge in [0.1, 0.15) is 11.9 Å². The zero-order valence-electron chi connectivity index (χ0n) is 13.2. The maximum Gasteiger partial charge on any atom is 0.246 e. The standard InChI is InChI=1S/C17H22N4O/c1-20(2)13-7-10-15(22)21(3)16(17-18-11-12-19-17)14-8-5-4-6-9-14/h4-12,16H,13H2,1-3H3,(H,18,19)/b10-7+. The van der Waals surface area contributed by atoms with Crippen LogP contribution in [-0.4, -0.2) is 53.4 Å². The quantitative estimate of drug-likeness (QED) is 0.831. The van der Waals surface area contributed by atoms with Gasteiger partial charge >= 0.3 is 0 Å². The van der Waals surface area contributed by atoms with Gasteiger partial charge in [-0.1, -0.05) is 36.4 Å². The van der Waals surface area contributed by atoms with E-state index < -0.39 is 0 Å². The van der Waals surface area contributed by atoms with Crippen molar-refractivity contribution in [2.45, 2.75) is 6.04 Å². The molecule has 0 saturated carbocycles. The third-order valence-corrected chi connectivity index (χ3v) is 3.36. The number of benzene rings is 1. The molecule has 1 aromatic heterocycles. The van der Waals surface area contributed by atoms with E-state index in [4.69, 9.17) is 0 Å². The summed E-state index contributed by atoms with van der Waals surface area (Å²) < 4.78 is 0. The van der Waals surface area contributed by atoms with Crippen LogP contribution in [0.5, 0.6) is 0 Å². The highest BCUT2D eigenvalue weighted by molar-refractivity contribution is 5.88. The van der Waals surface area contributed by atoms with Crippen molar-refractivity contribution >= 4 is 5.91 Å². The van der Waals surface area contributed by atoms with Crippen molar-refractivity contribution in [3.8, 4) is 0 Å². The van der Waals surface area contributed by atoms with E-state index in [-0.39, 0.29) is 11.9 Å². The average molecular weight is 298 g/mol. The Labute approximate surface area is 131 Å². The van der Waals surface area contributed by atoms with Gasteiger partial charge in [0.15, 0.2) is 0 Å². The molecule has 2 rings (SSSR count). The topological polar surface area (TPSA) is 52.2 Å². The highest BCUT2D eigenvalue weighted by atomic mass is 16.2. The minimum atomic E-state index is -0.229. The van der Waals surface area contributed by atoms with Crippen molar-refractivity contribution < 1.29 is 4.79 Å². The van der Waals surface area contributed by atoms with E-state index >= 15 is 0 Å². The summed E-state index contributed by atoms with van der Waals surface area (Å²) in [6.07, 6.45) is 6.94. The van der Waals surface area contributed by atoms with Gasteiger partial charge in [0.2, 0.25) is 5.91 Å². The van der Waals surface area contributed by atoms with Gasteiger partial charge in [-0.3, -0.25) is 4.79 Å². The first kappa shape index (κ1) is 16.0. The summed E-state index contributed by atoms with van der Waals surface area (Å²) >= 11 is 0. The highest BCUT2D eigenvalue weighted by Crippen LogP contribution is 2.25. The lowest BCUT2D eigenvalue weighted by Crippen LogP contribution is -2.31. The molecule has 2 aromatic rings. The fourth-order valence-corrected chi connectivity index (χ4v) is 2.24. The molecule has 0 aliphatic rings. The number of carbonyl (C=O) groups is 1. The normalized spacial score (nSPS) is 12.7. The number of nitrogens with zero attached hydrogens (tertiary/aromatic N) is 3. The third-order valence-electron chi connectivity index (χ3n) is 3.36. The van der Waals surface area contributed by atoms with Crippen LogP contribution in [-0.2, 0) is 4.79 Å². The van der Waals surface area contributed by atoms with Crippen LogP contribution in [0.1, 0.15) is 17.4 Å². The van der Waals surface area contributed by atoms with Crippen molar-refractivity contribution in [3.63, 3.8) is 0 Å². The van der Waals surface area contributed by atoms with E-state index in [1.54, 1.807) is 30.4 Å². The maximum atomic E-state index is 12.4. The average Bonchev–Trinajstić information content (AvgIpc) is 3.02. The Balaban J connectivity index is 2.22. The Morgan fingerprint density at radius 3 is 2.59 bits per heavy atom. The number of hydrogen-bond donors (Lipinski definition) is 1. The van der Waals surface area contributed by atoms with Crippen LogP contribution in [0.2, 0.25) is 0 Å². The Morgan fingerprint density at radius 1 is 1.27 bits per heavy atom. The second kappa shape index (κ2) is 7.56. The molecule has 116 valence electrons. The zero-order chi connectivity index (χ0) is 15.9. The molecule has 0 fully saturated rings. The molecule has 0 spiro atoms. The first-order chi connectivity index (χ1) is 10.6. The molecule has 0 saturated heterocycles. The molecule has 0 aliphatic heterocycles. The van der Waals surface area contributed by atoms with Gasteiger partial charge in [-0.25, -0.2) is 4.98 Å². The molecule has 1 amide bonds. The summed E-state index contributed by atoms with van der Waals surface area (Å²) in [5.41, 5.74) is 1.02. The van der Waals surface area contributed by atoms with Gasteiger partial charge < -0.3 is 14.8 Å². The van der Waals surface area contributed by atoms with Gasteiger partial charge in [0, 0.05) is 32.1 Å². The minimum Gasteiger partial charge on any atom is -0.347 e. The van der Waals surface area contributed by atoms with Crippen LogP contribution in [0, 0.1) is 0 Å². The molecule has 0 radical (unpaired) electrons. The Morgan fingerprint density at radius 2 is 2.00 bits per heavy atom. The van der Waals surface area contributed by atoms with E-state index in [1.165, 1.54) is 0 Å². The van der Waals surface area contributed by atoms with Crippen LogP contribution >= 0.6 is 0 Å². The lowest BCUT2D eigenvalue weighted by Gasteiger charge is -2.26. The first-order valence-corrected chi connectivity index (χ1v) is 7.22. The van der Waals surface area contributed by atoms with E-state index in [0.29, 0.717) is 0 Å². The molecular formula is C17H22N4O. The second-order valence-electron chi connectivity index (χ2n) is 5.40. The summed E-state index contributed by atoms with van der Waals surface area (Å²) in [6, 6.07) is 9.66. The van der Waals surface area contributed by atoms with Crippen molar-refractivity contribution in [2.75, 3.05) is 27.7 Å². The number of imidazole rings is 1. The van der Waals surface area contributed by atoms with Crippen molar-refractivity contribution in [1.82, 2.24) is 19.8 Å². The number of rotatable bonds is 6. The van der Waals surface area contributed by atoms with Gasteiger partial charge in [-0.2, -0.15) is 0 Å². The maximum absolute atomic E-state index is 12.4. The lowest BCUT2D eigenvalue weighted by atomic mass is 10.0. The first-order valence-electron chi connectivity index (χ1n) is 7.22. The second-order valence-corrected chi connectivity index (χ2v) is 5.40. The van der Waals surface area contributed by atoms with Gasteiger partial charge in [0.25, 0.3) is 0 Å². The van der Waals surface area contributed by atoms with E-state index in [9.17, 15) is 4.79 Å². The summed E-state index contributed by atoms with van der Waals surface area (Å²) in [5, 5.41) is 0. The van der Waals surface area contributed by atoms with Gasteiger partial charge in [-0.15, -0.1) is 0 Å². The van der Waals surface area contributed by atoms with E-state index in [0.717, 1.165) is 17.9 Å². The summed E-state index contributed by atoms with van der Waals surface area (Å²) in [6.45, 7) is 0.732. The summed E-state index contributed by atoms with van der Waals surface area (Å²) in [7, 11) is 5.73. The number of H-pyrrole nitrogens is 1. The van der Waals surface area contributed by atoms with Crippen molar-refractivity contribution in [3.05, 3.63) is 66.3 Å². The number of nitrogens with one attached hydrogen (secondary N) is 1. The fraction of sp³-hybridized carbons (Fsp3) is 0.294. The number of likely N-dealkylation sites (N-methyl/N-ethyl adjacent to an activating group) is 2. The molecule has 1 heterocycles. The zero-order valence-corrected chi connectivity index (χ0v) is 13.2. The van der Waals surface area contributed by atoms with E-state index in [1.807, 2.05) is 55.4 Å². The monoisotopic (exact) mass is 298 g/mol. The number of aromatic amines is 1. The van der Waals surface area contributed by atoms with Crippen LogP contribution in [0.4, 0.5) is 0 Å². The molecule has 22 heavy (non-hydrogen) atoms. The number of amides is 1. The predicted molar refractivity (Wildman–Crippen MR) is 87.3 cm³/mol. The van der Waals surface area contributed by atoms with Crippen molar-refractivity contribution in [2.24, 2.45) is 0 Å². The molecule has 0 aliphatic carbocycles. The van der Waals surface area contributed by atoms with Crippen LogP contribution in [0.3, 0.4) is 0 Å². The largest absolute Gasteiger partial charge is 0.347 e. The molecule has 1 unspecified atom stereocenters. The molecule has 0 bridgehead atoms. The summed E-state index contributed by atoms with van der Waals surface area (Å²) in [5.74, 6) is 0.704. The molecule has 5 nitrogen and oxygen atoms in total. The Bertz CT molecular complexity index is 605. The number of aromatic nitrogens is 2. The van der Waals surface area contributed by atoms with Crippen molar-refractivity contribution in [1.29, 1.82) is 0 Å². The van der Waals surface area contributed by atoms with E-state index in [2.05, 4.69) is 9.97 Å². The molecule has 1 aromatic carbocycles. The van der Waals surface area contributed by atoms with Crippen LogP contribution in [0.15, 0.2) is 54.9 Å². The van der Waals surface area contributed by atoms with Gasteiger partial charge in [-0.05, 0) is 19.7 Å². The lowest BCUT2D eigenvalue weighted by molar-refractivity contribution is -0.126.